The summed E-state index contributed by atoms with van der Waals surface area (Å²) >= 11 is 0. The van der Waals surface area contributed by atoms with Gasteiger partial charge in [-0.15, -0.1) is 0 Å². The van der Waals surface area contributed by atoms with E-state index in [1.165, 1.54) is 0 Å². The molecule has 0 saturated carbocycles. The average molecular weight is 370 g/mol. The zero-order valence-corrected chi connectivity index (χ0v) is 15.5. The fourth-order valence-electron chi connectivity index (χ4n) is 3.66. The van der Waals surface area contributed by atoms with Crippen LogP contribution >= 0.6 is 0 Å². The lowest BCUT2D eigenvalue weighted by Gasteiger charge is -2.22. The number of cyclic esters (lactones) is 1. The van der Waals surface area contributed by atoms with Crippen molar-refractivity contribution in [2.45, 2.75) is 24.5 Å². The van der Waals surface area contributed by atoms with E-state index in [9.17, 15) is 9.90 Å². The summed E-state index contributed by atoms with van der Waals surface area (Å²) < 4.78 is 5.68. The summed E-state index contributed by atoms with van der Waals surface area (Å²) in [5, 5.41) is 11.4. The molecule has 0 spiro atoms. The Morgan fingerprint density at radius 1 is 0.821 bits per heavy atom. The standard InChI is InChI=1S/C25H22O3/c26-24-25(27,18-21-14-8-3-9-15-21)22(16-19-10-4-1-5-11-19)23(28-24)17-20-12-6-2-7-13-20/h1-16,23,27H,17-18H2/b22-16-/t23-,25-/m0/s1. The van der Waals surface area contributed by atoms with E-state index in [-0.39, 0.29) is 6.42 Å². The van der Waals surface area contributed by atoms with Gasteiger partial charge in [0.1, 0.15) is 6.10 Å². The first kappa shape index (κ1) is 18.2. The van der Waals surface area contributed by atoms with Crippen LogP contribution in [0, 0.1) is 0 Å². The van der Waals surface area contributed by atoms with Crippen molar-refractivity contribution in [3.63, 3.8) is 0 Å². The molecule has 3 nitrogen and oxygen atoms in total. The molecule has 0 bridgehead atoms. The molecule has 1 N–H and O–H groups in total. The summed E-state index contributed by atoms with van der Waals surface area (Å²) in [7, 11) is 0. The van der Waals surface area contributed by atoms with Crippen LogP contribution in [0.3, 0.4) is 0 Å². The Bertz CT molecular complexity index is 964. The molecule has 3 aromatic rings. The van der Waals surface area contributed by atoms with Crippen molar-refractivity contribution < 1.29 is 14.6 Å². The fraction of sp³-hybridized carbons (Fsp3) is 0.160. The van der Waals surface area contributed by atoms with E-state index in [1.54, 1.807) is 0 Å². The van der Waals surface area contributed by atoms with Crippen molar-refractivity contribution in [2.24, 2.45) is 0 Å². The number of hydrogen-bond donors (Lipinski definition) is 1. The average Bonchev–Trinajstić information content (AvgIpc) is 2.94. The largest absolute Gasteiger partial charge is 0.455 e. The minimum atomic E-state index is -1.67. The quantitative estimate of drug-likeness (QED) is 0.685. The van der Waals surface area contributed by atoms with Crippen molar-refractivity contribution in [2.75, 3.05) is 0 Å². The topological polar surface area (TPSA) is 46.5 Å². The van der Waals surface area contributed by atoms with Gasteiger partial charge in [-0.2, -0.15) is 0 Å². The monoisotopic (exact) mass is 370 g/mol. The Balaban J connectivity index is 1.73. The van der Waals surface area contributed by atoms with E-state index in [1.807, 2.05) is 97.1 Å². The minimum absolute atomic E-state index is 0.191. The van der Waals surface area contributed by atoms with Gasteiger partial charge in [0.05, 0.1) is 0 Å². The van der Waals surface area contributed by atoms with Gasteiger partial charge in [-0.05, 0) is 22.8 Å². The summed E-state index contributed by atoms with van der Waals surface area (Å²) in [5.41, 5.74) is 1.82. The van der Waals surface area contributed by atoms with Gasteiger partial charge in [-0.3, -0.25) is 0 Å². The van der Waals surface area contributed by atoms with E-state index in [0.29, 0.717) is 12.0 Å². The number of rotatable bonds is 5. The summed E-state index contributed by atoms with van der Waals surface area (Å²) in [5.74, 6) is -0.584. The first-order valence-corrected chi connectivity index (χ1v) is 9.43. The summed E-state index contributed by atoms with van der Waals surface area (Å²) in [6.45, 7) is 0. The summed E-state index contributed by atoms with van der Waals surface area (Å²) in [4.78, 5) is 12.8. The number of aliphatic hydroxyl groups is 1. The van der Waals surface area contributed by atoms with Crippen molar-refractivity contribution >= 4 is 12.0 Å². The minimum Gasteiger partial charge on any atom is -0.455 e. The molecule has 4 rings (SSSR count). The van der Waals surface area contributed by atoms with Crippen molar-refractivity contribution in [1.29, 1.82) is 0 Å². The van der Waals surface area contributed by atoms with Crippen LogP contribution in [0.5, 0.6) is 0 Å². The van der Waals surface area contributed by atoms with E-state index in [0.717, 1.165) is 16.7 Å². The van der Waals surface area contributed by atoms with Crippen LogP contribution in [0.4, 0.5) is 0 Å². The van der Waals surface area contributed by atoms with E-state index in [4.69, 9.17) is 4.74 Å². The first-order chi connectivity index (χ1) is 13.6. The highest BCUT2D eigenvalue weighted by molar-refractivity contribution is 5.90. The Morgan fingerprint density at radius 3 is 1.96 bits per heavy atom. The third-order valence-electron chi connectivity index (χ3n) is 5.10. The van der Waals surface area contributed by atoms with Crippen molar-refractivity contribution in [3.05, 3.63) is 113 Å². The molecule has 1 fully saturated rings. The Hall–Kier alpha value is -3.17. The molecule has 2 atom stereocenters. The van der Waals surface area contributed by atoms with Gasteiger partial charge in [-0.25, -0.2) is 4.79 Å². The zero-order chi connectivity index (χ0) is 19.4. The van der Waals surface area contributed by atoms with Gasteiger partial charge < -0.3 is 9.84 Å². The molecule has 0 radical (unpaired) electrons. The van der Waals surface area contributed by atoms with Gasteiger partial charge >= 0.3 is 5.97 Å². The number of carbonyl (C=O) groups excluding carboxylic acids is 1. The van der Waals surface area contributed by atoms with Crippen LogP contribution in [-0.4, -0.2) is 22.8 Å². The molecule has 3 heteroatoms. The molecular weight excluding hydrogens is 348 g/mol. The Kier molecular flexibility index (Phi) is 5.09. The van der Waals surface area contributed by atoms with Crippen LogP contribution < -0.4 is 0 Å². The first-order valence-electron chi connectivity index (χ1n) is 9.43. The third kappa shape index (κ3) is 3.75. The van der Waals surface area contributed by atoms with Gasteiger partial charge in [-0.1, -0.05) is 91.0 Å². The second kappa shape index (κ2) is 7.83. The number of esters is 1. The lowest BCUT2D eigenvalue weighted by Crippen LogP contribution is -2.38. The van der Waals surface area contributed by atoms with Gasteiger partial charge in [0, 0.05) is 18.4 Å². The fourth-order valence-corrected chi connectivity index (χ4v) is 3.66. The van der Waals surface area contributed by atoms with Gasteiger partial charge in [0.15, 0.2) is 5.60 Å². The Labute approximate surface area is 164 Å². The molecule has 1 heterocycles. The SMILES string of the molecule is O=C1O[C@@H](Cc2ccccc2)/C(=C/c2ccccc2)[C@@]1(O)Cc1ccccc1. The molecule has 1 saturated heterocycles. The lowest BCUT2D eigenvalue weighted by atomic mass is 9.84. The zero-order valence-electron chi connectivity index (χ0n) is 15.5. The van der Waals surface area contributed by atoms with E-state index < -0.39 is 17.7 Å². The van der Waals surface area contributed by atoms with Crippen LogP contribution in [-0.2, 0) is 22.4 Å². The smallest absolute Gasteiger partial charge is 0.343 e. The second-order valence-electron chi connectivity index (χ2n) is 7.12. The van der Waals surface area contributed by atoms with Crippen LogP contribution in [0.25, 0.3) is 6.08 Å². The Morgan fingerprint density at radius 2 is 1.36 bits per heavy atom. The molecule has 0 aromatic heterocycles. The van der Waals surface area contributed by atoms with E-state index in [2.05, 4.69) is 0 Å². The van der Waals surface area contributed by atoms with Crippen molar-refractivity contribution in [1.82, 2.24) is 0 Å². The summed E-state index contributed by atoms with van der Waals surface area (Å²) in [6.07, 6.45) is 2.12. The molecule has 0 aliphatic carbocycles. The maximum absolute atomic E-state index is 12.8. The highest BCUT2D eigenvalue weighted by atomic mass is 16.6. The molecule has 1 aliphatic heterocycles. The molecule has 1 aliphatic rings. The van der Waals surface area contributed by atoms with Crippen LogP contribution in [0.2, 0.25) is 0 Å². The molecular formula is C25H22O3. The predicted molar refractivity (Wildman–Crippen MR) is 110 cm³/mol. The van der Waals surface area contributed by atoms with Crippen LogP contribution in [0.15, 0.2) is 96.6 Å². The molecule has 0 amide bonds. The van der Waals surface area contributed by atoms with Crippen molar-refractivity contribution in [3.8, 4) is 0 Å². The lowest BCUT2D eigenvalue weighted by molar-refractivity contribution is -0.154. The molecule has 140 valence electrons. The number of benzene rings is 3. The summed E-state index contributed by atoms with van der Waals surface area (Å²) in [6, 6.07) is 29.2. The molecule has 0 unspecified atom stereocenters. The van der Waals surface area contributed by atoms with Gasteiger partial charge in [0.25, 0.3) is 0 Å². The highest BCUT2D eigenvalue weighted by Gasteiger charge is 2.52. The third-order valence-corrected chi connectivity index (χ3v) is 5.10. The second-order valence-corrected chi connectivity index (χ2v) is 7.12. The van der Waals surface area contributed by atoms with E-state index >= 15 is 0 Å². The normalized spacial score (nSPS) is 23.0. The molecule has 28 heavy (non-hydrogen) atoms. The maximum Gasteiger partial charge on any atom is 0.343 e. The maximum atomic E-state index is 12.8. The molecule has 3 aromatic carbocycles. The number of ether oxygens (including phenoxy) is 1. The number of hydrogen-bond acceptors (Lipinski definition) is 3. The number of carbonyl (C=O) groups is 1. The van der Waals surface area contributed by atoms with Gasteiger partial charge in [0.2, 0.25) is 0 Å². The predicted octanol–water partition coefficient (Wildman–Crippen LogP) is 4.21. The highest BCUT2D eigenvalue weighted by Crippen LogP contribution is 2.37. The van der Waals surface area contributed by atoms with Crippen LogP contribution in [0.1, 0.15) is 16.7 Å².